The number of ether oxygens (including phenoxy) is 1. The van der Waals surface area contributed by atoms with Crippen molar-refractivity contribution in [1.82, 2.24) is 10.2 Å². The summed E-state index contributed by atoms with van der Waals surface area (Å²) in [6, 6.07) is 17.6. The van der Waals surface area contributed by atoms with Crippen molar-refractivity contribution >= 4 is 23.6 Å². The minimum Gasteiger partial charge on any atom is -0.438 e. The van der Waals surface area contributed by atoms with E-state index in [9.17, 15) is 19.6 Å². The first-order valence-electron chi connectivity index (χ1n) is 12.4. The van der Waals surface area contributed by atoms with Crippen molar-refractivity contribution in [2.75, 3.05) is 11.9 Å². The Bertz CT molecular complexity index is 1230. The molecule has 5 rings (SSSR count). The lowest BCUT2D eigenvalue weighted by Gasteiger charge is -2.29. The summed E-state index contributed by atoms with van der Waals surface area (Å²) in [5, 5.41) is 15.6. The highest BCUT2D eigenvalue weighted by atomic mass is 16.6. The van der Waals surface area contributed by atoms with Crippen LogP contribution < -0.4 is 10.6 Å². The number of rotatable bonds is 6. The highest BCUT2D eigenvalue weighted by Crippen LogP contribution is 2.49. The van der Waals surface area contributed by atoms with Gasteiger partial charge >= 0.3 is 6.09 Å². The standard InChI is InChI=1S/C28H30N4O4/c1-18(2)14-23(31-26(35)36-28(12-13-28)19-8-4-3-5-9-19)24(33)32-17-27(15-20(32)16-29)21-10-6-7-11-22(21)30-25(27)34/h3-11,18,20,23H,12-15,17H2,1-2H3,(H,30,34)(H,31,35)/t20-,23-,27-/m0/s1. The molecule has 2 fully saturated rings. The molecule has 2 aromatic carbocycles. The van der Waals surface area contributed by atoms with Gasteiger partial charge in [0.2, 0.25) is 11.8 Å². The van der Waals surface area contributed by atoms with Crippen molar-refractivity contribution < 1.29 is 19.1 Å². The Morgan fingerprint density at radius 2 is 1.86 bits per heavy atom. The molecular formula is C28H30N4O4. The largest absolute Gasteiger partial charge is 0.438 e. The van der Waals surface area contributed by atoms with E-state index in [1.807, 2.05) is 68.4 Å². The summed E-state index contributed by atoms with van der Waals surface area (Å²) < 4.78 is 5.82. The molecule has 0 radical (unpaired) electrons. The van der Waals surface area contributed by atoms with E-state index in [1.165, 1.54) is 4.90 Å². The topological polar surface area (TPSA) is 112 Å². The molecule has 1 spiro atoms. The molecule has 1 aliphatic carbocycles. The fourth-order valence-corrected chi connectivity index (χ4v) is 5.53. The predicted molar refractivity (Wildman–Crippen MR) is 133 cm³/mol. The van der Waals surface area contributed by atoms with Crippen LogP contribution in [0.2, 0.25) is 0 Å². The summed E-state index contributed by atoms with van der Waals surface area (Å²) in [6.07, 6.45) is 1.41. The van der Waals surface area contributed by atoms with Crippen molar-refractivity contribution in [3.05, 3.63) is 65.7 Å². The highest BCUT2D eigenvalue weighted by Gasteiger charge is 2.56. The zero-order valence-corrected chi connectivity index (χ0v) is 20.5. The van der Waals surface area contributed by atoms with Gasteiger partial charge in [-0.15, -0.1) is 0 Å². The van der Waals surface area contributed by atoms with Gasteiger partial charge < -0.3 is 20.3 Å². The van der Waals surface area contributed by atoms with Gasteiger partial charge in [0.05, 0.1) is 11.5 Å². The van der Waals surface area contributed by atoms with Crippen molar-refractivity contribution in [2.24, 2.45) is 5.92 Å². The Balaban J connectivity index is 1.35. The zero-order valence-electron chi connectivity index (χ0n) is 20.5. The summed E-state index contributed by atoms with van der Waals surface area (Å²) in [7, 11) is 0. The van der Waals surface area contributed by atoms with E-state index in [2.05, 4.69) is 16.7 Å². The minimum absolute atomic E-state index is 0.0895. The normalized spacial score (nSPS) is 24.1. The third kappa shape index (κ3) is 4.09. The third-order valence-corrected chi connectivity index (χ3v) is 7.51. The van der Waals surface area contributed by atoms with E-state index in [0.29, 0.717) is 12.1 Å². The Labute approximate surface area is 210 Å². The smallest absolute Gasteiger partial charge is 0.408 e. The number of amides is 3. The molecule has 2 N–H and O–H groups in total. The Hall–Kier alpha value is -3.86. The van der Waals surface area contributed by atoms with Gasteiger partial charge in [0.25, 0.3) is 0 Å². The average Bonchev–Trinajstić information content (AvgIpc) is 3.45. The number of benzene rings is 2. The van der Waals surface area contributed by atoms with Crippen molar-refractivity contribution in [3.8, 4) is 6.07 Å². The third-order valence-electron chi connectivity index (χ3n) is 7.51. The van der Waals surface area contributed by atoms with Gasteiger partial charge in [-0.3, -0.25) is 9.59 Å². The molecule has 0 bridgehead atoms. The molecule has 0 unspecified atom stereocenters. The molecule has 2 heterocycles. The number of para-hydroxylation sites is 1. The first-order chi connectivity index (χ1) is 17.3. The molecule has 3 aliphatic rings. The van der Waals surface area contributed by atoms with Gasteiger partial charge in [0, 0.05) is 18.7 Å². The van der Waals surface area contributed by atoms with Crippen LogP contribution in [0.1, 0.15) is 50.7 Å². The van der Waals surface area contributed by atoms with E-state index in [0.717, 1.165) is 24.0 Å². The minimum atomic E-state index is -0.971. The van der Waals surface area contributed by atoms with Crippen LogP contribution in [0.15, 0.2) is 54.6 Å². The monoisotopic (exact) mass is 486 g/mol. The molecule has 1 saturated heterocycles. The van der Waals surface area contributed by atoms with Crippen LogP contribution in [0.3, 0.4) is 0 Å². The maximum atomic E-state index is 13.8. The lowest BCUT2D eigenvalue weighted by atomic mass is 9.80. The molecular weight excluding hydrogens is 456 g/mol. The molecule has 186 valence electrons. The highest BCUT2D eigenvalue weighted by molar-refractivity contribution is 6.07. The molecule has 3 atom stereocenters. The fourth-order valence-electron chi connectivity index (χ4n) is 5.53. The van der Waals surface area contributed by atoms with Gasteiger partial charge in [-0.1, -0.05) is 62.4 Å². The number of nitriles is 1. The van der Waals surface area contributed by atoms with Gasteiger partial charge in [-0.05, 0) is 42.4 Å². The SMILES string of the molecule is CC(C)C[C@H](NC(=O)OC1(c2ccccc2)CC1)C(=O)N1C[C@]2(C[C@H]1C#N)C(=O)Nc1ccccc12. The number of nitrogens with zero attached hydrogens (tertiary/aromatic N) is 2. The summed E-state index contributed by atoms with van der Waals surface area (Å²) >= 11 is 0. The van der Waals surface area contributed by atoms with Gasteiger partial charge in [-0.2, -0.15) is 5.26 Å². The van der Waals surface area contributed by atoms with Gasteiger partial charge in [-0.25, -0.2) is 4.79 Å². The van der Waals surface area contributed by atoms with Crippen LogP contribution in [0.5, 0.6) is 0 Å². The summed E-state index contributed by atoms with van der Waals surface area (Å²) in [6.45, 7) is 4.02. The number of anilines is 1. The summed E-state index contributed by atoms with van der Waals surface area (Å²) in [5.74, 6) is -0.466. The molecule has 8 nitrogen and oxygen atoms in total. The van der Waals surface area contributed by atoms with Crippen LogP contribution >= 0.6 is 0 Å². The van der Waals surface area contributed by atoms with Crippen LogP contribution in [0, 0.1) is 17.2 Å². The molecule has 3 amide bonds. The van der Waals surface area contributed by atoms with E-state index >= 15 is 0 Å². The maximum Gasteiger partial charge on any atom is 0.408 e. The van der Waals surface area contributed by atoms with Crippen molar-refractivity contribution in [3.63, 3.8) is 0 Å². The molecule has 36 heavy (non-hydrogen) atoms. The van der Waals surface area contributed by atoms with Gasteiger partial charge in [0.1, 0.15) is 17.7 Å². The van der Waals surface area contributed by atoms with E-state index in [-0.39, 0.29) is 30.7 Å². The number of hydrogen-bond donors (Lipinski definition) is 2. The van der Waals surface area contributed by atoms with Crippen molar-refractivity contribution in [2.45, 2.75) is 62.6 Å². The van der Waals surface area contributed by atoms with Crippen molar-refractivity contribution in [1.29, 1.82) is 5.26 Å². The second-order valence-corrected chi connectivity index (χ2v) is 10.5. The summed E-state index contributed by atoms with van der Waals surface area (Å²) in [5.41, 5.74) is 0.821. The second kappa shape index (κ2) is 8.98. The molecule has 1 saturated carbocycles. The molecule has 0 aromatic heterocycles. The lowest BCUT2D eigenvalue weighted by Crippen LogP contribution is -2.51. The Kier molecular flexibility index (Phi) is 5.95. The predicted octanol–water partition coefficient (Wildman–Crippen LogP) is 3.83. The number of carbonyl (C=O) groups excluding carboxylic acids is 3. The number of nitrogens with one attached hydrogen (secondary N) is 2. The quantitative estimate of drug-likeness (QED) is 0.645. The fraction of sp³-hybridized carbons (Fsp3) is 0.429. The number of alkyl carbamates (subject to hydrolysis) is 1. The summed E-state index contributed by atoms with van der Waals surface area (Å²) in [4.78, 5) is 41.3. The maximum absolute atomic E-state index is 13.8. The molecule has 2 aliphatic heterocycles. The van der Waals surface area contributed by atoms with Crippen LogP contribution in [0.25, 0.3) is 0 Å². The zero-order chi connectivity index (χ0) is 25.5. The first-order valence-corrected chi connectivity index (χ1v) is 12.4. The van der Waals surface area contributed by atoms with Crippen LogP contribution in [0.4, 0.5) is 10.5 Å². The lowest BCUT2D eigenvalue weighted by molar-refractivity contribution is -0.134. The molecule has 2 aromatic rings. The average molecular weight is 487 g/mol. The molecule has 8 heteroatoms. The number of likely N-dealkylation sites (tertiary alicyclic amines) is 1. The van der Waals surface area contributed by atoms with Crippen LogP contribution in [-0.2, 0) is 25.3 Å². The van der Waals surface area contributed by atoms with E-state index in [4.69, 9.17) is 4.74 Å². The van der Waals surface area contributed by atoms with Gasteiger partial charge in [0.15, 0.2) is 0 Å². The number of carbonyl (C=O) groups is 3. The number of fused-ring (bicyclic) bond motifs is 2. The second-order valence-electron chi connectivity index (χ2n) is 10.5. The Morgan fingerprint density at radius 3 is 2.53 bits per heavy atom. The Morgan fingerprint density at radius 1 is 1.17 bits per heavy atom. The van der Waals surface area contributed by atoms with E-state index < -0.39 is 29.2 Å². The first kappa shape index (κ1) is 23.9. The van der Waals surface area contributed by atoms with Crippen LogP contribution in [-0.4, -0.2) is 41.4 Å². The number of hydrogen-bond acceptors (Lipinski definition) is 5. The van der Waals surface area contributed by atoms with E-state index in [1.54, 1.807) is 0 Å².